The molecule has 16 heavy (non-hydrogen) atoms. The van der Waals surface area contributed by atoms with Crippen LogP contribution in [0.5, 0.6) is 0 Å². The zero-order valence-corrected chi connectivity index (χ0v) is 12.4. The molecule has 0 saturated carbocycles. The Labute approximate surface area is 98.9 Å². The van der Waals surface area contributed by atoms with Crippen LogP contribution in [0.4, 0.5) is 13.2 Å². The summed E-state index contributed by atoms with van der Waals surface area (Å²) in [5.74, 6) is -0.670. The Balaban J connectivity index is 3.31. The van der Waals surface area contributed by atoms with Crippen LogP contribution in [-0.4, -0.2) is 47.7 Å². The quantitative estimate of drug-likeness (QED) is 0.826. The molecule has 0 spiro atoms. The van der Waals surface area contributed by atoms with Gasteiger partial charge >= 0.3 is 98.9 Å². The van der Waals surface area contributed by atoms with E-state index in [0.717, 1.165) is 0 Å². The van der Waals surface area contributed by atoms with E-state index in [1.807, 2.05) is 0 Å². The Hall–Kier alpha value is -0.590. The van der Waals surface area contributed by atoms with Crippen LogP contribution in [0.3, 0.4) is 0 Å². The van der Waals surface area contributed by atoms with Gasteiger partial charge in [-0.3, -0.25) is 0 Å². The van der Waals surface area contributed by atoms with Crippen molar-refractivity contribution >= 4 is 27.3 Å². The van der Waals surface area contributed by atoms with Crippen molar-refractivity contribution in [3.05, 3.63) is 18.5 Å². The average Bonchev–Trinajstić information content (AvgIpc) is 2.53. The van der Waals surface area contributed by atoms with Gasteiger partial charge in [-0.15, -0.1) is 0 Å². The van der Waals surface area contributed by atoms with Crippen LogP contribution < -0.4 is 5.32 Å². The maximum absolute atomic E-state index is 12.8. The van der Waals surface area contributed by atoms with Gasteiger partial charge in [0.2, 0.25) is 0 Å². The van der Waals surface area contributed by atoms with Crippen LogP contribution in [0.25, 0.3) is 0 Å². The van der Waals surface area contributed by atoms with E-state index in [2.05, 4.69) is 5.32 Å². The molecule has 0 unspecified atom stereocenters. The Morgan fingerprint density at radius 3 is 2.44 bits per heavy atom. The molecule has 1 N–H and O–H groups in total. The molecule has 0 aromatic heterocycles. The third kappa shape index (κ3) is 2.39. The molecule has 3 nitrogen and oxygen atoms in total. The molecule has 0 atom stereocenters. The number of carbonyl (C=O) groups excluding carboxylic acids is 1. The normalized spacial score (nSPS) is 16.4. The van der Waals surface area contributed by atoms with Crippen molar-refractivity contribution in [3.63, 3.8) is 0 Å². The number of amides is 1. The molecule has 1 amide bonds. The summed E-state index contributed by atoms with van der Waals surface area (Å²) in [7, 11) is 2.57. The molecular weight excluding hydrogens is 326 g/mol. The first-order valence-electron chi connectivity index (χ1n) is 4.62. The van der Waals surface area contributed by atoms with Crippen LogP contribution in [0.15, 0.2) is 18.5 Å². The number of carbonyl (C=O) groups is 1. The van der Waals surface area contributed by atoms with Gasteiger partial charge in [0.05, 0.1) is 0 Å². The molecule has 0 aromatic carbocycles. The topological polar surface area (TPSA) is 38.3 Å². The van der Waals surface area contributed by atoms with Crippen LogP contribution in [0.1, 0.15) is 0 Å². The van der Waals surface area contributed by atoms with Crippen molar-refractivity contribution < 1.29 is 22.7 Å². The molecule has 1 rings (SSSR count). The third-order valence-corrected chi connectivity index (χ3v) is 9.00. The summed E-state index contributed by atoms with van der Waals surface area (Å²) in [5.41, 5.74) is -0.333. The Bertz CT molecular complexity index is 373. The molecule has 0 fully saturated rings. The standard InChI is InChI=1S/C8H8F3NO2.CH3.In/c1-5(14-3)6(7(13)12-2)4-8(9,10)11;;/h1H,2-3H3,(H,12,13);1H3;. The SMILES string of the molecule is CNC(=O)C1=[C](C(F)(F)F)[In]([CH3])[CH]=C1OC. The number of nitrogens with one attached hydrogen (secondary N) is 1. The number of methoxy groups -OCH3 is 1. The van der Waals surface area contributed by atoms with Crippen LogP contribution in [0.2, 0.25) is 4.68 Å². The molecule has 1 heterocycles. The van der Waals surface area contributed by atoms with Crippen molar-refractivity contribution in [1.29, 1.82) is 0 Å². The van der Waals surface area contributed by atoms with Gasteiger partial charge in [0.25, 0.3) is 0 Å². The summed E-state index contributed by atoms with van der Waals surface area (Å²) in [6.45, 7) is 0. The fraction of sp³-hybridized carbons (Fsp3) is 0.444. The minimum absolute atomic E-state index is 0.0648. The zero-order valence-electron chi connectivity index (χ0n) is 9.11. The first-order valence-corrected chi connectivity index (χ1v) is 11.5. The molecule has 0 bridgehead atoms. The summed E-state index contributed by atoms with van der Waals surface area (Å²) >= 11 is -3.01. The fourth-order valence-electron chi connectivity index (χ4n) is 1.68. The molecule has 0 aromatic rings. The van der Waals surface area contributed by atoms with Gasteiger partial charge in [0.1, 0.15) is 0 Å². The summed E-state index contributed by atoms with van der Waals surface area (Å²) in [6.07, 6.45) is -4.44. The van der Waals surface area contributed by atoms with Gasteiger partial charge < -0.3 is 0 Å². The van der Waals surface area contributed by atoms with Crippen molar-refractivity contribution in [2.24, 2.45) is 0 Å². The molecule has 1 aliphatic rings. The first kappa shape index (κ1) is 13.5. The monoisotopic (exact) mass is 337 g/mol. The summed E-state index contributed by atoms with van der Waals surface area (Å²) in [5, 5.41) is 2.21. The van der Waals surface area contributed by atoms with Crippen LogP contribution >= 0.6 is 0 Å². The molecule has 0 saturated heterocycles. The van der Waals surface area contributed by atoms with E-state index in [4.69, 9.17) is 4.74 Å². The van der Waals surface area contributed by atoms with Gasteiger partial charge in [-0.05, 0) is 0 Å². The van der Waals surface area contributed by atoms with E-state index < -0.39 is 36.9 Å². The first-order chi connectivity index (χ1) is 7.32. The second-order valence-electron chi connectivity index (χ2n) is 3.39. The van der Waals surface area contributed by atoms with Crippen molar-refractivity contribution in [3.8, 4) is 0 Å². The molecule has 1 aliphatic heterocycles. The van der Waals surface area contributed by atoms with Crippen LogP contribution in [-0.2, 0) is 9.53 Å². The predicted molar refractivity (Wildman–Crippen MR) is 53.9 cm³/mol. The van der Waals surface area contributed by atoms with Gasteiger partial charge in [-0.2, -0.15) is 0 Å². The Morgan fingerprint density at radius 2 is 2.06 bits per heavy atom. The van der Waals surface area contributed by atoms with Gasteiger partial charge in [0, 0.05) is 0 Å². The molecule has 0 radical (unpaired) electrons. The van der Waals surface area contributed by atoms with Gasteiger partial charge in [-0.1, -0.05) is 0 Å². The van der Waals surface area contributed by atoms with E-state index in [1.165, 1.54) is 18.0 Å². The number of hydrogen-bond acceptors (Lipinski definition) is 2. The number of hydrogen-bond donors (Lipinski definition) is 1. The second kappa shape index (κ2) is 4.73. The van der Waals surface area contributed by atoms with E-state index in [9.17, 15) is 18.0 Å². The number of allylic oxidation sites excluding steroid dienone is 1. The second-order valence-corrected chi connectivity index (χ2v) is 10.5. The van der Waals surface area contributed by atoms with Crippen molar-refractivity contribution in [2.75, 3.05) is 14.2 Å². The zero-order chi connectivity index (χ0) is 12.5. The summed E-state index contributed by atoms with van der Waals surface area (Å²) in [4.78, 5) is 11.4. The van der Waals surface area contributed by atoms with Crippen LogP contribution in [0, 0.1) is 0 Å². The Morgan fingerprint density at radius 1 is 1.50 bits per heavy atom. The van der Waals surface area contributed by atoms with E-state index in [0.29, 0.717) is 0 Å². The number of halogens is 3. The minimum atomic E-state index is -4.44. The fourth-order valence-corrected chi connectivity index (χ4v) is 7.87. The molecular formula is C9H11F3InNO2. The number of rotatable bonds is 2. The molecule has 7 heteroatoms. The summed E-state index contributed by atoms with van der Waals surface area (Å²) < 4.78 is 45.6. The third-order valence-electron chi connectivity index (χ3n) is 2.35. The van der Waals surface area contributed by atoms with E-state index >= 15 is 0 Å². The molecule has 0 aliphatic carbocycles. The van der Waals surface area contributed by atoms with E-state index in [-0.39, 0.29) is 11.3 Å². The summed E-state index contributed by atoms with van der Waals surface area (Å²) in [6, 6.07) is 0. The van der Waals surface area contributed by atoms with E-state index in [1.54, 1.807) is 4.68 Å². The maximum atomic E-state index is 12.8. The van der Waals surface area contributed by atoms with Crippen molar-refractivity contribution in [1.82, 2.24) is 5.32 Å². The Kier molecular flexibility index (Phi) is 3.98. The van der Waals surface area contributed by atoms with Gasteiger partial charge in [-0.25, -0.2) is 0 Å². The average molecular weight is 337 g/mol. The molecule has 88 valence electrons. The number of ether oxygens (including phenoxy) is 1. The van der Waals surface area contributed by atoms with Gasteiger partial charge in [0.15, 0.2) is 0 Å². The predicted octanol–water partition coefficient (Wildman–Crippen LogP) is 1.34. The number of alkyl halides is 3. The van der Waals surface area contributed by atoms with Crippen molar-refractivity contribution in [2.45, 2.75) is 10.9 Å². The number of likely N-dealkylation sites (N-methyl/N-ethyl adjacent to an activating group) is 1.